The molecule has 0 saturated heterocycles. The molecule has 168 valence electrons. The highest BCUT2D eigenvalue weighted by Gasteiger charge is 2.29. The van der Waals surface area contributed by atoms with Crippen molar-refractivity contribution in [1.29, 1.82) is 0 Å². The van der Waals surface area contributed by atoms with Gasteiger partial charge in [0.1, 0.15) is 16.4 Å². The van der Waals surface area contributed by atoms with E-state index in [9.17, 15) is 19.2 Å². The number of nitrogens with zero attached hydrogens (tertiary/aromatic N) is 2. The molecule has 9 nitrogen and oxygen atoms in total. The van der Waals surface area contributed by atoms with E-state index in [1.807, 2.05) is 0 Å². The van der Waals surface area contributed by atoms with Crippen LogP contribution in [0.1, 0.15) is 49.4 Å². The predicted octanol–water partition coefficient (Wildman–Crippen LogP) is 2.48. The van der Waals surface area contributed by atoms with Gasteiger partial charge in [0, 0.05) is 4.88 Å². The van der Waals surface area contributed by atoms with E-state index >= 15 is 0 Å². The van der Waals surface area contributed by atoms with Crippen molar-refractivity contribution in [3.05, 3.63) is 43.1 Å². The Hall–Kier alpha value is -3.05. The van der Waals surface area contributed by atoms with E-state index in [0.29, 0.717) is 26.9 Å². The van der Waals surface area contributed by atoms with Crippen LogP contribution in [-0.2, 0) is 28.9 Å². The summed E-state index contributed by atoms with van der Waals surface area (Å²) in [5, 5.41) is 3.49. The summed E-state index contributed by atoms with van der Waals surface area (Å²) in [6.45, 7) is 3.50. The van der Waals surface area contributed by atoms with Gasteiger partial charge in [-0.25, -0.2) is 9.78 Å². The molecule has 0 aromatic carbocycles. The molecule has 0 aliphatic heterocycles. The number of amides is 2. The first kappa shape index (κ1) is 22.2. The molecule has 11 heteroatoms. The average molecular weight is 475 g/mol. The van der Waals surface area contributed by atoms with Crippen molar-refractivity contribution in [3.8, 4) is 0 Å². The van der Waals surface area contributed by atoms with Gasteiger partial charge in [0.15, 0.2) is 0 Å². The highest BCUT2D eigenvalue weighted by molar-refractivity contribution is 7.20. The minimum Gasteiger partial charge on any atom is -0.465 e. The zero-order valence-electron chi connectivity index (χ0n) is 17.8. The van der Waals surface area contributed by atoms with E-state index in [-0.39, 0.29) is 16.8 Å². The summed E-state index contributed by atoms with van der Waals surface area (Å²) in [6.07, 6.45) is 3.84. The number of hydrogen-bond acceptors (Lipinski definition) is 8. The van der Waals surface area contributed by atoms with Crippen molar-refractivity contribution in [3.63, 3.8) is 0 Å². The van der Waals surface area contributed by atoms with Gasteiger partial charge < -0.3 is 15.8 Å². The molecule has 0 saturated carbocycles. The molecule has 1 aliphatic rings. The van der Waals surface area contributed by atoms with Crippen LogP contribution in [0.4, 0.5) is 5.00 Å². The molecule has 3 heterocycles. The molecule has 0 spiro atoms. The summed E-state index contributed by atoms with van der Waals surface area (Å²) >= 11 is 2.43. The van der Waals surface area contributed by atoms with Crippen LogP contribution in [0.2, 0.25) is 0 Å². The van der Waals surface area contributed by atoms with E-state index in [2.05, 4.69) is 17.2 Å². The third-order valence-electron chi connectivity index (χ3n) is 5.61. The molecule has 1 aliphatic carbocycles. The summed E-state index contributed by atoms with van der Waals surface area (Å²) < 4.78 is 6.12. The molecule has 1 atom stereocenters. The van der Waals surface area contributed by atoms with Crippen molar-refractivity contribution < 1.29 is 19.1 Å². The maximum Gasteiger partial charge on any atom is 0.341 e. The fourth-order valence-electron chi connectivity index (χ4n) is 3.98. The van der Waals surface area contributed by atoms with Gasteiger partial charge in [0.2, 0.25) is 5.91 Å². The Morgan fingerprint density at radius 3 is 2.78 bits per heavy atom. The van der Waals surface area contributed by atoms with E-state index < -0.39 is 23.3 Å². The third-order valence-corrected chi connectivity index (χ3v) is 7.99. The van der Waals surface area contributed by atoms with E-state index in [4.69, 9.17) is 10.5 Å². The lowest BCUT2D eigenvalue weighted by molar-refractivity contribution is -0.116. The molecule has 4 rings (SSSR count). The molecule has 3 aromatic heterocycles. The quantitative estimate of drug-likeness (QED) is 0.546. The van der Waals surface area contributed by atoms with Crippen molar-refractivity contribution in [2.45, 2.75) is 39.7 Å². The van der Waals surface area contributed by atoms with Gasteiger partial charge in [-0.15, -0.1) is 22.7 Å². The number of thiophene rings is 2. The van der Waals surface area contributed by atoms with Gasteiger partial charge in [0.05, 0.1) is 29.3 Å². The number of carbonyl (C=O) groups is 3. The Labute approximate surface area is 191 Å². The molecule has 1 unspecified atom stereocenters. The van der Waals surface area contributed by atoms with E-state index in [0.717, 1.165) is 41.0 Å². The standard InChI is InChI=1S/C21H22N4O5S2/c1-9-4-5-11-12(6-9)31-19(15(11)21(29)30-3)24-13(26)7-25-8-23-18-14(20(25)28)10(2)16(32-18)17(22)27/h8-9H,4-7H2,1-3H3,(H2,22,27)(H,24,26). The zero-order chi connectivity index (χ0) is 23.2. The molecule has 0 fully saturated rings. The number of ether oxygens (including phenoxy) is 1. The Bertz CT molecular complexity index is 1320. The van der Waals surface area contributed by atoms with Gasteiger partial charge in [0.25, 0.3) is 11.5 Å². The van der Waals surface area contributed by atoms with Crippen LogP contribution in [0.5, 0.6) is 0 Å². The smallest absolute Gasteiger partial charge is 0.341 e. The van der Waals surface area contributed by atoms with Gasteiger partial charge in [-0.05, 0) is 43.2 Å². The number of fused-ring (bicyclic) bond motifs is 2. The average Bonchev–Trinajstić information content (AvgIpc) is 3.26. The molecule has 0 radical (unpaired) electrons. The second-order valence-corrected chi connectivity index (χ2v) is 9.98. The van der Waals surface area contributed by atoms with Crippen LogP contribution in [-0.4, -0.2) is 34.4 Å². The number of primary amides is 1. The largest absolute Gasteiger partial charge is 0.465 e. The topological polar surface area (TPSA) is 133 Å². The molecule has 32 heavy (non-hydrogen) atoms. The number of nitrogens with one attached hydrogen (secondary N) is 1. The van der Waals surface area contributed by atoms with Crippen LogP contribution in [0.25, 0.3) is 10.2 Å². The fourth-order valence-corrected chi connectivity index (χ4v) is 6.39. The minimum atomic E-state index is -0.625. The Kier molecular flexibility index (Phi) is 5.87. The van der Waals surface area contributed by atoms with Crippen LogP contribution >= 0.6 is 22.7 Å². The zero-order valence-corrected chi connectivity index (χ0v) is 19.4. The molecule has 2 amide bonds. The Balaban J connectivity index is 1.63. The lowest BCUT2D eigenvalue weighted by Gasteiger charge is -2.18. The number of methoxy groups -OCH3 is 1. The molecule has 3 N–H and O–H groups in total. The summed E-state index contributed by atoms with van der Waals surface area (Å²) in [6, 6.07) is 0. The first-order valence-electron chi connectivity index (χ1n) is 10.0. The number of anilines is 1. The highest BCUT2D eigenvalue weighted by atomic mass is 32.1. The van der Waals surface area contributed by atoms with E-state index in [1.54, 1.807) is 6.92 Å². The fraction of sp³-hybridized carbons (Fsp3) is 0.381. The van der Waals surface area contributed by atoms with Crippen LogP contribution in [0, 0.1) is 12.8 Å². The first-order chi connectivity index (χ1) is 15.2. The molecular formula is C21H22N4O5S2. The van der Waals surface area contributed by atoms with Gasteiger partial charge >= 0.3 is 5.97 Å². The maximum absolute atomic E-state index is 12.9. The second-order valence-electron chi connectivity index (χ2n) is 7.87. The van der Waals surface area contributed by atoms with Gasteiger partial charge in [-0.1, -0.05) is 6.92 Å². The minimum absolute atomic E-state index is 0.271. The summed E-state index contributed by atoms with van der Waals surface area (Å²) in [5.74, 6) is -1.07. The second kappa shape index (κ2) is 8.47. The first-order valence-corrected chi connectivity index (χ1v) is 11.7. The van der Waals surface area contributed by atoms with E-state index in [1.165, 1.54) is 29.3 Å². The SMILES string of the molecule is COC(=O)c1c(NC(=O)Cn2cnc3sc(C(N)=O)c(C)c3c2=O)sc2c1CCC(C)C2. The van der Waals surface area contributed by atoms with Gasteiger partial charge in [-0.2, -0.15) is 0 Å². The molecule has 3 aromatic rings. The van der Waals surface area contributed by atoms with Crippen molar-refractivity contribution in [2.24, 2.45) is 11.7 Å². The summed E-state index contributed by atoms with van der Waals surface area (Å²) in [4.78, 5) is 55.7. The van der Waals surface area contributed by atoms with Crippen molar-refractivity contribution in [2.75, 3.05) is 12.4 Å². The number of nitrogens with two attached hydrogens (primary N) is 1. The Morgan fingerprint density at radius 1 is 1.34 bits per heavy atom. The molecular weight excluding hydrogens is 452 g/mol. The Morgan fingerprint density at radius 2 is 2.09 bits per heavy atom. The summed E-state index contributed by atoms with van der Waals surface area (Å²) in [7, 11) is 1.31. The number of esters is 1. The lowest BCUT2D eigenvalue weighted by atomic mass is 9.88. The lowest BCUT2D eigenvalue weighted by Crippen LogP contribution is -2.28. The predicted molar refractivity (Wildman–Crippen MR) is 123 cm³/mol. The van der Waals surface area contributed by atoms with Crippen LogP contribution < -0.4 is 16.6 Å². The number of hydrogen-bond donors (Lipinski definition) is 2. The summed E-state index contributed by atoms with van der Waals surface area (Å²) in [5.41, 5.74) is 6.72. The number of carbonyl (C=O) groups excluding carboxylic acids is 3. The van der Waals surface area contributed by atoms with Gasteiger partial charge in [-0.3, -0.25) is 19.0 Å². The molecule has 0 bridgehead atoms. The van der Waals surface area contributed by atoms with Crippen molar-refractivity contribution >= 4 is 55.7 Å². The monoisotopic (exact) mass is 474 g/mol. The van der Waals surface area contributed by atoms with Crippen molar-refractivity contribution in [1.82, 2.24) is 9.55 Å². The van der Waals surface area contributed by atoms with Crippen LogP contribution in [0.3, 0.4) is 0 Å². The van der Waals surface area contributed by atoms with Crippen LogP contribution in [0.15, 0.2) is 11.1 Å². The highest BCUT2D eigenvalue weighted by Crippen LogP contribution is 2.40. The number of aryl methyl sites for hydroxylation is 1. The number of aromatic nitrogens is 2. The maximum atomic E-state index is 12.9. The third kappa shape index (κ3) is 3.82. The number of rotatable bonds is 5. The normalized spacial score (nSPS) is 15.4.